The summed E-state index contributed by atoms with van der Waals surface area (Å²) in [6.07, 6.45) is -0.213. The van der Waals surface area contributed by atoms with Crippen LogP contribution in [-0.2, 0) is 11.2 Å². The average Bonchev–Trinajstić information content (AvgIpc) is 2.81. The van der Waals surface area contributed by atoms with Crippen molar-refractivity contribution in [3.8, 4) is 0 Å². The number of hydrogen-bond acceptors (Lipinski definition) is 7. The molecule has 4 N–H and O–H groups in total. The zero-order valence-corrected chi connectivity index (χ0v) is 11.3. The predicted molar refractivity (Wildman–Crippen MR) is 69.9 cm³/mol. The number of halogens is 1. The number of aryl methyl sites for hydroxylation is 1. The minimum atomic E-state index is -0.843. The van der Waals surface area contributed by atoms with Gasteiger partial charge in [-0.15, -0.1) is 11.6 Å². The highest BCUT2D eigenvalue weighted by atomic mass is 35.5. The van der Waals surface area contributed by atoms with Crippen LogP contribution >= 0.6 is 11.6 Å². The second-order valence-electron chi connectivity index (χ2n) is 4.47. The number of aromatic nitrogens is 2. The number of rotatable bonds is 5. The van der Waals surface area contributed by atoms with Crippen LogP contribution in [0.3, 0.4) is 0 Å². The number of hydrogen-bond donors (Lipinski definition) is 4. The monoisotopic (exact) mass is 305 g/mol. The molecule has 112 valence electrons. The Kier molecular flexibility index (Phi) is 4.95. The molecule has 1 aromatic heterocycles. The maximum absolute atomic E-state index is 11.9. The van der Waals surface area contributed by atoms with E-state index in [0.29, 0.717) is 17.9 Å². The smallest absolute Gasteiger partial charge is 0.351 e. The highest BCUT2D eigenvalue weighted by Gasteiger charge is 2.35. The Morgan fingerprint density at radius 2 is 2.35 bits per heavy atom. The molecule has 9 heteroatoms. The lowest BCUT2D eigenvalue weighted by Crippen LogP contribution is -2.29. The van der Waals surface area contributed by atoms with Gasteiger partial charge in [0.2, 0.25) is 0 Å². The predicted octanol–water partition coefficient (Wildman–Crippen LogP) is -0.534. The van der Waals surface area contributed by atoms with Crippen molar-refractivity contribution in [2.24, 2.45) is 0 Å². The number of ether oxygens (including phenoxy) is 1. The molecule has 1 aliphatic heterocycles. The van der Waals surface area contributed by atoms with Gasteiger partial charge in [-0.05, 0) is 6.42 Å². The van der Waals surface area contributed by atoms with Gasteiger partial charge in [0.05, 0.1) is 12.7 Å². The Morgan fingerprint density at radius 1 is 1.60 bits per heavy atom. The van der Waals surface area contributed by atoms with Crippen molar-refractivity contribution in [1.82, 2.24) is 9.55 Å². The van der Waals surface area contributed by atoms with Crippen LogP contribution in [0, 0.1) is 0 Å². The molecule has 2 rings (SSSR count). The fraction of sp³-hybridized carbons (Fsp3) is 0.636. The maximum Gasteiger partial charge on any atom is 0.351 e. The molecule has 0 saturated carbocycles. The van der Waals surface area contributed by atoms with Gasteiger partial charge in [0.1, 0.15) is 12.3 Å². The molecule has 1 saturated heterocycles. The third-order valence-corrected chi connectivity index (χ3v) is 3.38. The normalized spacial score (nSPS) is 25.9. The van der Waals surface area contributed by atoms with Crippen molar-refractivity contribution in [2.45, 2.75) is 31.3 Å². The van der Waals surface area contributed by atoms with Crippen LogP contribution in [0.25, 0.3) is 0 Å². The first-order chi connectivity index (χ1) is 9.60. The summed E-state index contributed by atoms with van der Waals surface area (Å²) in [5.41, 5.74) is 1.77. The quantitative estimate of drug-likeness (QED) is 0.426. The second-order valence-corrected chi connectivity index (χ2v) is 4.85. The van der Waals surface area contributed by atoms with Crippen molar-refractivity contribution >= 4 is 17.4 Å². The largest absolute Gasteiger partial charge is 0.394 e. The summed E-state index contributed by atoms with van der Waals surface area (Å²) in [5.74, 6) is 0.339. The molecule has 0 spiro atoms. The van der Waals surface area contributed by atoms with E-state index in [-0.39, 0.29) is 18.8 Å². The standard InChI is InChI=1S/C11H16ClN3O5/c12-2-1-6-4-15(11(18)13-10(6)14-19)9-3-7(17)8(5-16)20-9/h4,7-9,16-17,19H,1-3,5H2,(H,13,14,18)/t7-,8+,9+/m0/s1. The van der Waals surface area contributed by atoms with Gasteiger partial charge in [-0.3, -0.25) is 15.3 Å². The van der Waals surface area contributed by atoms with Crippen molar-refractivity contribution in [3.63, 3.8) is 0 Å². The molecular weight excluding hydrogens is 290 g/mol. The molecule has 0 amide bonds. The molecule has 8 nitrogen and oxygen atoms in total. The van der Waals surface area contributed by atoms with Gasteiger partial charge in [-0.1, -0.05) is 0 Å². The first-order valence-electron chi connectivity index (χ1n) is 6.13. The van der Waals surface area contributed by atoms with Crippen LogP contribution in [0.2, 0.25) is 0 Å². The highest BCUT2D eigenvalue weighted by molar-refractivity contribution is 6.18. The van der Waals surface area contributed by atoms with Crippen LogP contribution in [0.4, 0.5) is 5.82 Å². The Hall–Kier alpha value is -1.19. The fourth-order valence-corrected chi connectivity index (χ4v) is 2.35. The van der Waals surface area contributed by atoms with Gasteiger partial charge in [0, 0.05) is 24.1 Å². The van der Waals surface area contributed by atoms with Gasteiger partial charge in [0.15, 0.2) is 5.82 Å². The molecule has 0 radical (unpaired) electrons. The zero-order valence-electron chi connectivity index (χ0n) is 10.6. The molecule has 1 fully saturated rings. The molecule has 1 aliphatic rings. The van der Waals surface area contributed by atoms with E-state index in [9.17, 15) is 9.90 Å². The van der Waals surface area contributed by atoms with Crippen molar-refractivity contribution < 1.29 is 20.2 Å². The molecule has 0 aliphatic carbocycles. The van der Waals surface area contributed by atoms with Gasteiger partial charge < -0.3 is 14.9 Å². The molecular formula is C11H16ClN3O5. The van der Waals surface area contributed by atoms with Crippen LogP contribution in [0.5, 0.6) is 0 Å². The number of anilines is 1. The summed E-state index contributed by atoms with van der Waals surface area (Å²) in [4.78, 5) is 15.6. The van der Waals surface area contributed by atoms with E-state index >= 15 is 0 Å². The van der Waals surface area contributed by atoms with Gasteiger partial charge in [-0.2, -0.15) is 4.98 Å². The van der Waals surface area contributed by atoms with Crippen LogP contribution in [-0.4, -0.2) is 49.7 Å². The summed E-state index contributed by atoms with van der Waals surface area (Å²) in [5, 5.41) is 27.7. The zero-order chi connectivity index (χ0) is 14.7. The van der Waals surface area contributed by atoms with E-state index in [1.165, 1.54) is 10.8 Å². The number of alkyl halides is 1. The van der Waals surface area contributed by atoms with Crippen molar-refractivity contribution in [1.29, 1.82) is 0 Å². The summed E-state index contributed by atoms with van der Waals surface area (Å²) >= 11 is 5.66. The Balaban J connectivity index is 2.32. The van der Waals surface area contributed by atoms with E-state index in [2.05, 4.69) is 4.98 Å². The molecule has 2 heterocycles. The molecule has 3 atom stereocenters. The lowest BCUT2D eigenvalue weighted by molar-refractivity contribution is -0.0459. The van der Waals surface area contributed by atoms with Crippen LogP contribution in [0.1, 0.15) is 18.2 Å². The average molecular weight is 306 g/mol. The third kappa shape index (κ3) is 2.94. The molecule has 0 bridgehead atoms. The van der Waals surface area contributed by atoms with Gasteiger partial charge in [0.25, 0.3) is 0 Å². The maximum atomic E-state index is 11.9. The number of aliphatic hydroxyl groups is 2. The number of nitrogens with one attached hydrogen (secondary N) is 1. The molecule has 20 heavy (non-hydrogen) atoms. The minimum absolute atomic E-state index is 0.0455. The molecule has 1 aromatic rings. The second kappa shape index (κ2) is 6.51. The van der Waals surface area contributed by atoms with Crippen LogP contribution in [0.15, 0.2) is 11.0 Å². The number of nitrogens with zero attached hydrogens (tertiary/aromatic N) is 2. The summed E-state index contributed by atoms with van der Waals surface area (Å²) in [7, 11) is 0. The van der Waals surface area contributed by atoms with Crippen LogP contribution < -0.4 is 11.2 Å². The van der Waals surface area contributed by atoms with E-state index in [1.807, 2.05) is 5.48 Å². The molecule has 0 unspecified atom stereocenters. The van der Waals surface area contributed by atoms with E-state index < -0.39 is 24.1 Å². The lowest BCUT2D eigenvalue weighted by atomic mass is 10.2. The SMILES string of the molecule is O=c1nc(NO)c(CCCl)cn1[C@H]1C[C@H](O)[C@@H](CO)O1. The highest BCUT2D eigenvalue weighted by Crippen LogP contribution is 2.28. The summed E-state index contributed by atoms with van der Waals surface area (Å²) in [6, 6.07) is 0. The summed E-state index contributed by atoms with van der Waals surface area (Å²) < 4.78 is 6.63. The first kappa shape index (κ1) is 15.2. The van der Waals surface area contributed by atoms with Crippen molar-refractivity contribution in [2.75, 3.05) is 18.0 Å². The number of aliphatic hydroxyl groups excluding tert-OH is 2. The topological polar surface area (TPSA) is 117 Å². The Labute approximate surface area is 119 Å². The fourth-order valence-electron chi connectivity index (χ4n) is 2.15. The minimum Gasteiger partial charge on any atom is -0.394 e. The third-order valence-electron chi connectivity index (χ3n) is 3.19. The van der Waals surface area contributed by atoms with E-state index in [1.54, 1.807) is 0 Å². The summed E-state index contributed by atoms with van der Waals surface area (Å²) in [6.45, 7) is -0.329. The lowest BCUT2D eigenvalue weighted by Gasteiger charge is -2.16. The Morgan fingerprint density at radius 3 is 2.90 bits per heavy atom. The van der Waals surface area contributed by atoms with E-state index in [4.69, 9.17) is 26.7 Å². The van der Waals surface area contributed by atoms with Gasteiger partial charge >= 0.3 is 5.69 Å². The van der Waals surface area contributed by atoms with Gasteiger partial charge in [-0.25, -0.2) is 4.79 Å². The first-order valence-corrected chi connectivity index (χ1v) is 6.66. The Bertz CT molecular complexity index is 523. The van der Waals surface area contributed by atoms with Crippen molar-refractivity contribution in [3.05, 3.63) is 22.2 Å². The van der Waals surface area contributed by atoms with E-state index in [0.717, 1.165) is 0 Å². The molecule has 0 aromatic carbocycles.